The first-order chi connectivity index (χ1) is 14.7. The van der Waals surface area contributed by atoms with Crippen molar-refractivity contribution < 1.29 is 4.39 Å². The van der Waals surface area contributed by atoms with E-state index in [2.05, 4.69) is 16.7 Å². The first-order valence-electron chi connectivity index (χ1n) is 11.3. The Kier molecular flexibility index (Phi) is 5.59. The molecule has 2 aromatic heterocycles. The second kappa shape index (κ2) is 8.50. The topological polar surface area (TPSA) is 32.3 Å². The second-order valence-electron chi connectivity index (χ2n) is 8.41. The molecule has 0 bridgehead atoms. The Morgan fingerprint density at radius 1 is 0.967 bits per heavy atom. The van der Waals surface area contributed by atoms with Gasteiger partial charge in [-0.2, -0.15) is 0 Å². The average molecular weight is 425 g/mol. The summed E-state index contributed by atoms with van der Waals surface area (Å²) in [5.74, 6) is 1.98. The highest BCUT2D eigenvalue weighted by Gasteiger charge is 2.26. The predicted molar refractivity (Wildman–Crippen MR) is 123 cm³/mol. The molecule has 1 aliphatic heterocycles. The van der Waals surface area contributed by atoms with Crippen LogP contribution in [0.15, 0.2) is 24.3 Å². The van der Waals surface area contributed by atoms with Gasteiger partial charge in [0.2, 0.25) is 0 Å². The zero-order valence-electron chi connectivity index (χ0n) is 17.7. The van der Waals surface area contributed by atoms with Crippen molar-refractivity contribution in [3.63, 3.8) is 0 Å². The fourth-order valence-corrected chi connectivity index (χ4v) is 5.96. The van der Waals surface area contributed by atoms with E-state index in [1.807, 2.05) is 23.5 Å². The molecule has 0 saturated carbocycles. The summed E-state index contributed by atoms with van der Waals surface area (Å²) < 4.78 is 13.3. The molecule has 1 saturated heterocycles. The van der Waals surface area contributed by atoms with Gasteiger partial charge in [-0.05, 0) is 61.9 Å². The number of piperazine rings is 1. The van der Waals surface area contributed by atoms with E-state index in [0.29, 0.717) is 0 Å². The number of unbranched alkanes of at least 4 members (excludes halogenated alkanes) is 1. The van der Waals surface area contributed by atoms with Gasteiger partial charge in [-0.1, -0.05) is 13.3 Å². The maximum atomic E-state index is 13.3. The van der Waals surface area contributed by atoms with Crippen LogP contribution in [0.25, 0.3) is 10.2 Å². The van der Waals surface area contributed by atoms with E-state index >= 15 is 0 Å². The summed E-state index contributed by atoms with van der Waals surface area (Å²) in [6, 6.07) is 6.86. The Labute approximate surface area is 181 Å². The van der Waals surface area contributed by atoms with Gasteiger partial charge >= 0.3 is 0 Å². The summed E-state index contributed by atoms with van der Waals surface area (Å²) in [7, 11) is 0. The van der Waals surface area contributed by atoms with Crippen molar-refractivity contribution in [1.82, 2.24) is 9.97 Å². The summed E-state index contributed by atoms with van der Waals surface area (Å²) in [5.41, 5.74) is 2.61. The van der Waals surface area contributed by atoms with Crippen LogP contribution in [0.1, 0.15) is 48.9 Å². The summed E-state index contributed by atoms with van der Waals surface area (Å²) in [6.45, 7) is 5.93. The van der Waals surface area contributed by atoms with Crippen molar-refractivity contribution in [2.45, 2.75) is 51.9 Å². The maximum absolute atomic E-state index is 13.3. The van der Waals surface area contributed by atoms with Gasteiger partial charge in [0, 0.05) is 43.2 Å². The van der Waals surface area contributed by atoms with E-state index in [1.165, 1.54) is 39.9 Å². The molecule has 3 aromatic rings. The number of hydrogen-bond acceptors (Lipinski definition) is 5. The highest BCUT2D eigenvalue weighted by atomic mass is 32.1. The smallest absolute Gasteiger partial charge is 0.141 e. The lowest BCUT2D eigenvalue weighted by Crippen LogP contribution is -2.47. The number of aromatic nitrogens is 2. The normalized spacial score (nSPS) is 16.9. The summed E-state index contributed by atoms with van der Waals surface area (Å²) in [4.78, 5) is 17.6. The second-order valence-corrected chi connectivity index (χ2v) is 9.49. The van der Waals surface area contributed by atoms with Crippen molar-refractivity contribution in [1.29, 1.82) is 0 Å². The Morgan fingerprint density at radius 3 is 2.47 bits per heavy atom. The van der Waals surface area contributed by atoms with Crippen molar-refractivity contribution in [3.05, 3.63) is 46.3 Å². The van der Waals surface area contributed by atoms with Gasteiger partial charge in [0.1, 0.15) is 22.3 Å². The Hall–Kier alpha value is -2.21. The zero-order chi connectivity index (χ0) is 20.5. The largest absolute Gasteiger partial charge is 0.368 e. The van der Waals surface area contributed by atoms with Crippen LogP contribution in [0.3, 0.4) is 0 Å². The van der Waals surface area contributed by atoms with Gasteiger partial charge in [-0.3, -0.25) is 0 Å². The third-order valence-corrected chi connectivity index (χ3v) is 7.55. The Balaban J connectivity index is 1.45. The average Bonchev–Trinajstić information content (AvgIpc) is 3.16. The van der Waals surface area contributed by atoms with E-state index < -0.39 is 0 Å². The minimum Gasteiger partial charge on any atom is -0.368 e. The molecule has 3 heterocycles. The van der Waals surface area contributed by atoms with Crippen LogP contribution in [-0.4, -0.2) is 36.1 Å². The van der Waals surface area contributed by atoms with Crippen molar-refractivity contribution >= 4 is 33.1 Å². The number of aryl methyl sites for hydroxylation is 3. The maximum Gasteiger partial charge on any atom is 0.141 e. The van der Waals surface area contributed by atoms with Crippen LogP contribution < -0.4 is 9.80 Å². The molecule has 158 valence electrons. The van der Waals surface area contributed by atoms with Crippen molar-refractivity contribution in [3.8, 4) is 0 Å². The summed E-state index contributed by atoms with van der Waals surface area (Å²) in [5, 5.41) is 1.32. The van der Waals surface area contributed by atoms with Crippen LogP contribution in [-0.2, 0) is 19.3 Å². The third-order valence-electron chi connectivity index (χ3n) is 6.37. The number of thiophene rings is 1. The molecule has 4 nitrogen and oxygen atoms in total. The Bertz CT molecular complexity index is 1020. The number of halogens is 1. The number of benzene rings is 1. The fourth-order valence-electron chi connectivity index (χ4n) is 4.69. The Morgan fingerprint density at radius 2 is 1.70 bits per heavy atom. The number of anilines is 2. The highest BCUT2D eigenvalue weighted by Crippen LogP contribution is 2.40. The molecule has 1 aliphatic carbocycles. The van der Waals surface area contributed by atoms with Crippen molar-refractivity contribution in [2.75, 3.05) is 36.0 Å². The van der Waals surface area contributed by atoms with Gasteiger partial charge in [-0.25, -0.2) is 14.4 Å². The van der Waals surface area contributed by atoms with Gasteiger partial charge in [0.15, 0.2) is 0 Å². The van der Waals surface area contributed by atoms with Crippen molar-refractivity contribution in [2.24, 2.45) is 0 Å². The van der Waals surface area contributed by atoms with E-state index in [1.54, 1.807) is 12.1 Å². The lowest BCUT2D eigenvalue weighted by atomic mass is 9.96. The van der Waals surface area contributed by atoms with Crippen LogP contribution >= 0.6 is 11.3 Å². The first-order valence-corrected chi connectivity index (χ1v) is 12.1. The molecule has 6 heteroatoms. The first kappa shape index (κ1) is 19.7. The SMILES string of the molecule is CCCCc1nc(N2CCN(c3ccc(F)cc3)CC2)c2c3c(sc2n1)CCCC3. The molecule has 0 spiro atoms. The van der Waals surface area contributed by atoms with E-state index in [-0.39, 0.29) is 5.82 Å². The molecule has 0 unspecified atom stereocenters. The molecule has 0 atom stereocenters. The zero-order valence-corrected chi connectivity index (χ0v) is 18.5. The molecular weight excluding hydrogens is 395 g/mol. The number of hydrogen-bond donors (Lipinski definition) is 0. The third kappa shape index (κ3) is 3.78. The lowest BCUT2D eigenvalue weighted by molar-refractivity contribution is 0.624. The van der Waals surface area contributed by atoms with Crippen LogP contribution in [0, 0.1) is 5.82 Å². The van der Waals surface area contributed by atoms with Crippen LogP contribution in [0.4, 0.5) is 15.9 Å². The molecule has 1 fully saturated rings. The molecule has 0 amide bonds. The predicted octanol–water partition coefficient (Wildman–Crippen LogP) is 5.38. The van der Waals surface area contributed by atoms with Crippen LogP contribution in [0.5, 0.6) is 0 Å². The summed E-state index contributed by atoms with van der Waals surface area (Å²) >= 11 is 1.90. The molecule has 0 N–H and O–H groups in total. The van der Waals surface area contributed by atoms with Gasteiger partial charge in [-0.15, -0.1) is 11.3 Å². The van der Waals surface area contributed by atoms with Gasteiger partial charge in [0.05, 0.1) is 5.39 Å². The summed E-state index contributed by atoms with van der Waals surface area (Å²) in [6.07, 6.45) is 8.17. The van der Waals surface area contributed by atoms with E-state index in [4.69, 9.17) is 9.97 Å². The molecule has 2 aliphatic rings. The quantitative estimate of drug-likeness (QED) is 0.551. The minimum atomic E-state index is -0.178. The molecular formula is C24H29FN4S. The number of nitrogens with zero attached hydrogens (tertiary/aromatic N) is 4. The van der Waals surface area contributed by atoms with Gasteiger partial charge in [0.25, 0.3) is 0 Å². The fraction of sp³-hybridized carbons (Fsp3) is 0.500. The number of fused-ring (bicyclic) bond motifs is 3. The van der Waals surface area contributed by atoms with E-state index in [0.717, 1.165) is 69.2 Å². The minimum absolute atomic E-state index is 0.178. The highest BCUT2D eigenvalue weighted by molar-refractivity contribution is 7.19. The molecule has 30 heavy (non-hydrogen) atoms. The molecule has 1 aromatic carbocycles. The molecule has 5 rings (SSSR count). The van der Waals surface area contributed by atoms with Gasteiger partial charge < -0.3 is 9.80 Å². The van der Waals surface area contributed by atoms with E-state index in [9.17, 15) is 4.39 Å². The number of rotatable bonds is 5. The molecule has 0 radical (unpaired) electrons. The lowest BCUT2D eigenvalue weighted by Gasteiger charge is -2.37. The monoisotopic (exact) mass is 424 g/mol. The van der Waals surface area contributed by atoms with Crippen LogP contribution in [0.2, 0.25) is 0 Å². The standard InChI is InChI=1S/C24H29FN4S/c1-2-3-8-21-26-23(22-19-6-4-5-7-20(19)30-24(22)27-21)29-15-13-28(14-16-29)18-11-9-17(25)10-12-18/h9-12H,2-8,13-16H2,1H3.